The van der Waals surface area contributed by atoms with E-state index in [0.29, 0.717) is 34.2 Å². The number of likely N-dealkylation sites (tertiary alicyclic amines) is 1. The number of amides is 1. The van der Waals surface area contributed by atoms with Crippen molar-refractivity contribution in [3.63, 3.8) is 0 Å². The second-order valence-electron chi connectivity index (χ2n) is 7.46. The number of carbonyl (C=O) groups excluding carboxylic acids is 2. The fourth-order valence-corrected chi connectivity index (χ4v) is 3.72. The van der Waals surface area contributed by atoms with E-state index >= 15 is 0 Å². The van der Waals surface area contributed by atoms with Crippen LogP contribution in [-0.2, 0) is 9.59 Å². The van der Waals surface area contributed by atoms with Crippen LogP contribution in [0.15, 0.2) is 48.0 Å². The Hall–Kier alpha value is -2.99. The zero-order valence-corrected chi connectivity index (χ0v) is 18.1. The Labute approximate surface area is 180 Å². The van der Waals surface area contributed by atoms with Gasteiger partial charge in [0.2, 0.25) is 0 Å². The SMILES string of the molecule is COc1ccc([C@H]2C(=C(O)c3ccc(Cl)cc3)C(=O)C(=O)N2CC(C)C)c(OC)c1. The van der Waals surface area contributed by atoms with Crippen LogP contribution in [0.1, 0.15) is 31.0 Å². The van der Waals surface area contributed by atoms with E-state index in [4.69, 9.17) is 21.1 Å². The molecule has 0 saturated carbocycles. The predicted molar refractivity (Wildman–Crippen MR) is 115 cm³/mol. The van der Waals surface area contributed by atoms with Crippen LogP contribution >= 0.6 is 11.6 Å². The number of Topliss-reactive ketones (excluding diaryl/α,β-unsaturated/α-hetero) is 1. The highest BCUT2D eigenvalue weighted by Gasteiger charge is 2.47. The summed E-state index contributed by atoms with van der Waals surface area (Å²) in [5.74, 6) is -0.483. The minimum absolute atomic E-state index is 0.0199. The van der Waals surface area contributed by atoms with E-state index < -0.39 is 17.7 Å². The minimum atomic E-state index is -0.788. The van der Waals surface area contributed by atoms with E-state index in [1.165, 1.54) is 12.0 Å². The van der Waals surface area contributed by atoms with E-state index in [1.54, 1.807) is 49.6 Å². The molecule has 7 heteroatoms. The number of nitrogens with zero attached hydrogens (tertiary/aromatic N) is 1. The van der Waals surface area contributed by atoms with E-state index in [0.717, 1.165) is 0 Å². The number of methoxy groups -OCH3 is 2. The Balaban J connectivity index is 2.24. The first-order chi connectivity index (χ1) is 14.3. The highest BCUT2D eigenvalue weighted by molar-refractivity contribution is 6.46. The Morgan fingerprint density at radius 3 is 2.33 bits per heavy atom. The molecule has 1 amide bonds. The Bertz CT molecular complexity index is 997. The molecule has 0 spiro atoms. The zero-order chi connectivity index (χ0) is 22.0. The van der Waals surface area contributed by atoms with Crippen LogP contribution in [0.3, 0.4) is 0 Å². The van der Waals surface area contributed by atoms with Gasteiger partial charge < -0.3 is 19.5 Å². The van der Waals surface area contributed by atoms with Crippen LogP contribution in [-0.4, -0.2) is 42.5 Å². The normalized spacial score (nSPS) is 18.2. The first kappa shape index (κ1) is 21.7. The molecule has 1 aliphatic rings. The van der Waals surface area contributed by atoms with Crippen molar-refractivity contribution < 1.29 is 24.2 Å². The Kier molecular flexibility index (Phi) is 6.37. The summed E-state index contributed by atoms with van der Waals surface area (Å²) < 4.78 is 10.8. The summed E-state index contributed by atoms with van der Waals surface area (Å²) >= 11 is 5.95. The highest BCUT2D eigenvalue weighted by atomic mass is 35.5. The number of halogens is 1. The van der Waals surface area contributed by atoms with Gasteiger partial charge >= 0.3 is 0 Å². The molecule has 1 aliphatic heterocycles. The average molecular weight is 430 g/mol. The van der Waals surface area contributed by atoms with Crippen LogP contribution < -0.4 is 9.47 Å². The number of aliphatic hydroxyl groups is 1. The maximum atomic E-state index is 13.0. The first-order valence-electron chi connectivity index (χ1n) is 9.54. The topological polar surface area (TPSA) is 76.1 Å². The molecule has 0 aromatic heterocycles. The van der Waals surface area contributed by atoms with Gasteiger partial charge in [0.25, 0.3) is 11.7 Å². The van der Waals surface area contributed by atoms with Crippen LogP contribution in [0, 0.1) is 5.92 Å². The minimum Gasteiger partial charge on any atom is -0.507 e. The molecule has 2 aromatic rings. The van der Waals surface area contributed by atoms with Gasteiger partial charge in [0.1, 0.15) is 17.3 Å². The van der Waals surface area contributed by atoms with Crippen molar-refractivity contribution in [2.75, 3.05) is 20.8 Å². The molecule has 0 radical (unpaired) electrons. The van der Waals surface area contributed by atoms with Crippen molar-refractivity contribution in [1.82, 2.24) is 4.90 Å². The van der Waals surface area contributed by atoms with Crippen LogP contribution in [0.4, 0.5) is 0 Å². The molecule has 1 heterocycles. The number of benzene rings is 2. The van der Waals surface area contributed by atoms with Gasteiger partial charge in [0.05, 0.1) is 25.8 Å². The lowest BCUT2D eigenvalue weighted by molar-refractivity contribution is -0.140. The summed E-state index contributed by atoms with van der Waals surface area (Å²) in [6.45, 7) is 4.27. The largest absolute Gasteiger partial charge is 0.507 e. The lowest BCUT2D eigenvalue weighted by atomic mass is 9.94. The van der Waals surface area contributed by atoms with Crippen molar-refractivity contribution in [3.05, 3.63) is 64.2 Å². The summed E-state index contributed by atoms with van der Waals surface area (Å²) in [6.07, 6.45) is 0. The van der Waals surface area contributed by atoms with E-state index in [1.807, 2.05) is 13.8 Å². The summed E-state index contributed by atoms with van der Waals surface area (Å²) in [6, 6.07) is 10.8. The smallest absolute Gasteiger partial charge is 0.295 e. The number of hydrogen-bond donors (Lipinski definition) is 1. The number of ketones is 1. The molecule has 158 valence electrons. The second kappa shape index (κ2) is 8.79. The fourth-order valence-electron chi connectivity index (χ4n) is 3.59. The summed E-state index contributed by atoms with van der Waals surface area (Å²) in [5, 5.41) is 11.5. The summed E-state index contributed by atoms with van der Waals surface area (Å²) in [4.78, 5) is 27.4. The van der Waals surface area contributed by atoms with E-state index in [2.05, 4.69) is 0 Å². The molecule has 3 rings (SSSR count). The lowest BCUT2D eigenvalue weighted by Crippen LogP contribution is -2.33. The first-order valence-corrected chi connectivity index (χ1v) is 9.92. The molecular weight excluding hydrogens is 406 g/mol. The lowest BCUT2D eigenvalue weighted by Gasteiger charge is -2.28. The fraction of sp³-hybridized carbons (Fsp3) is 0.304. The predicted octanol–water partition coefficient (Wildman–Crippen LogP) is 4.43. The summed E-state index contributed by atoms with van der Waals surface area (Å²) in [7, 11) is 3.05. The van der Waals surface area contributed by atoms with Gasteiger partial charge in [-0.2, -0.15) is 0 Å². The van der Waals surface area contributed by atoms with Gasteiger partial charge in [-0.1, -0.05) is 25.4 Å². The molecule has 1 fully saturated rings. The maximum absolute atomic E-state index is 13.0. The summed E-state index contributed by atoms with van der Waals surface area (Å²) in [5.41, 5.74) is 1.01. The number of aliphatic hydroxyl groups excluding tert-OH is 1. The molecular formula is C23H24ClNO5. The zero-order valence-electron chi connectivity index (χ0n) is 17.3. The van der Waals surface area contributed by atoms with Crippen LogP contribution in [0.25, 0.3) is 5.76 Å². The van der Waals surface area contributed by atoms with E-state index in [9.17, 15) is 14.7 Å². The van der Waals surface area contributed by atoms with Crippen molar-refractivity contribution in [2.24, 2.45) is 5.92 Å². The van der Waals surface area contributed by atoms with Gasteiger partial charge in [0, 0.05) is 28.8 Å². The van der Waals surface area contributed by atoms with Crippen LogP contribution in [0.2, 0.25) is 5.02 Å². The molecule has 1 N–H and O–H groups in total. The third-order valence-electron chi connectivity index (χ3n) is 4.95. The quantitative estimate of drug-likeness (QED) is 0.417. The maximum Gasteiger partial charge on any atom is 0.295 e. The molecule has 2 aromatic carbocycles. The van der Waals surface area contributed by atoms with Crippen molar-refractivity contribution in [2.45, 2.75) is 19.9 Å². The highest BCUT2D eigenvalue weighted by Crippen LogP contribution is 2.44. The Morgan fingerprint density at radius 2 is 1.77 bits per heavy atom. The van der Waals surface area contributed by atoms with Gasteiger partial charge in [0.15, 0.2) is 0 Å². The van der Waals surface area contributed by atoms with E-state index in [-0.39, 0.29) is 17.3 Å². The molecule has 0 unspecified atom stereocenters. The molecule has 0 bridgehead atoms. The number of carbonyl (C=O) groups is 2. The Morgan fingerprint density at radius 1 is 1.10 bits per heavy atom. The van der Waals surface area contributed by atoms with Gasteiger partial charge in [-0.3, -0.25) is 9.59 Å². The molecule has 1 saturated heterocycles. The van der Waals surface area contributed by atoms with Gasteiger partial charge in [-0.25, -0.2) is 0 Å². The van der Waals surface area contributed by atoms with Crippen molar-refractivity contribution >= 4 is 29.1 Å². The van der Waals surface area contributed by atoms with Crippen molar-refractivity contribution in [1.29, 1.82) is 0 Å². The molecule has 30 heavy (non-hydrogen) atoms. The van der Waals surface area contributed by atoms with Gasteiger partial charge in [-0.05, 0) is 42.3 Å². The van der Waals surface area contributed by atoms with Crippen molar-refractivity contribution in [3.8, 4) is 11.5 Å². The number of ether oxygens (including phenoxy) is 2. The molecule has 1 atom stereocenters. The molecule has 0 aliphatic carbocycles. The standard InChI is InChI=1S/C23H24ClNO5/c1-13(2)12-25-20(17-10-9-16(29-3)11-18(17)30-4)19(22(27)23(25)28)21(26)14-5-7-15(24)8-6-14/h5-11,13,20,26H,12H2,1-4H3/t20-/m0/s1. The molecule has 6 nitrogen and oxygen atoms in total. The monoisotopic (exact) mass is 429 g/mol. The third kappa shape index (κ3) is 4.00. The number of hydrogen-bond acceptors (Lipinski definition) is 5. The van der Waals surface area contributed by atoms with Crippen LogP contribution in [0.5, 0.6) is 11.5 Å². The average Bonchev–Trinajstić information content (AvgIpc) is 2.97. The van der Waals surface area contributed by atoms with Gasteiger partial charge in [-0.15, -0.1) is 0 Å². The second-order valence-corrected chi connectivity index (χ2v) is 7.90. The third-order valence-corrected chi connectivity index (χ3v) is 5.21. The number of rotatable bonds is 6.